The van der Waals surface area contributed by atoms with Gasteiger partial charge >= 0.3 is 0 Å². The summed E-state index contributed by atoms with van der Waals surface area (Å²) in [7, 11) is 0. The van der Waals surface area contributed by atoms with Crippen molar-refractivity contribution in [1.82, 2.24) is 20.1 Å². The van der Waals surface area contributed by atoms with Crippen molar-refractivity contribution in [3.8, 4) is 0 Å². The lowest BCUT2D eigenvalue weighted by atomic mass is 9.92. The fraction of sp³-hybridized carbons (Fsp3) is 0.435. The van der Waals surface area contributed by atoms with Gasteiger partial charge in [-0.2, -0.15) is 5.10 Å². The zero-order valence-electron chi connectivity index (χ0n) is 16.7. The standard InChI is InChI=1S/C23H27N5O/c29-23(28-13-8-17(9-14-28)15-18-7-10-25-26-18)20-16-24-21-6-2-1-5-19(21)22(20)27-11-3-4-12-27/h1-2,5-7,10,16-17H,3-4,8-9,11-15H2,(H,25,26). The van der Waals surface area contributed by atoms with E-state index in [0.717, 1.165) is 67.6 Å². The Balaban J connectivity index is 1.38. The summed E-state index contributed by atoms with van der Waals surface area (Å²) >= 11 is 0. The Hall–Kier alpha value is -2.89. The highest BCUT2D eigenvalue weighted by Crippen LogP contribution is 2.33. The number of carbonyl (C=O) groups is 1. The van der Waals surface area contributed by atoms with Crippen molar-refractivity contribution in [3.05, 3.63) is 54.0 Å². The fourth-order valence-electron chi connectivity index (χ4n) is 4.78. The summed E-state index contributed by atoms with van der Waals surface area (Å²) in [6.07, 6.45) is 9.05. The van der Waals surface area contributed by atoms with Crippen molar-refractivity contribution >= 4 is 22.5 Å². The average molecular weight is 390 g/mol. The number of fused-ring (bicyclic) bond motifs is 1. The minimum absolute atomic E-state index is 0.130. The first-order chi connectivity index (χ1) is 14.3. The summed E-state index contributed by atoms with van der Waals surface area (Å²) in [4.78, 5) is 22.5. The van der Waals surface area contributed by atoms with Gasteiger partial charge in [0.05, 0.1) is 16.8 Å². The molecule has 5 rings (SSSR count). The molecule has 1 N–H and O–H groups in total. The van der Waals surface area contributed by atoms with Gasteiger partial charge in [0.1, 0.15) is 0 Å². The van der Waals surface area contributed by atoms with E-state index in [-0.39, 0.29) is 5.91 Å². The average Bonchev–Trinajstić information content (AvgIpc) is 3.47. The Morgan fingerprint density at radius 1 is 1.07 bits per heavy atom. The quantitative estimate of drug-likeness (QED) is 0.740. The van der Waals surface area contributed by atoms with Crippen molar-refractivity contribution in [3.63, 3.8) is 0 Å². The van der Waals surface area contributed by atoms with E-state index < -0.39 is 0 Å². The monoisotopic (exact) mass is 389 g/mol. The molecule has 2 fully saturated rings. The number of nitrogens with one attached hydrogen (secondary N) is 1. The number of carbonyl (C=O) groups excluding carboxylic acids is 1. The zero-order chi connectivity index (χ0) is 19.6. The van der Waals surface area contributed by atoms with Crippen LogP contribution in [0.5, 0.6) is 0 Å². The van der Waals surface area contributed by atoms with E-state index in [1.54, 1.807) is 12.4 Å². The van der Waals surface area contributed by atoms with Crippen LogP contribution in [-0.2, 0) is 6.42 Å². The van der Waals surface area contributed by atoms with Gasteiger partial charge in [0.15, 0.2) is 0 Å². The lowest BCUT2D eigenvalue weighted by Gasteiger charge is -2.33. The molecule has 0 radical (unpaired) electrons. The van der Waals surface area contributed by atoms with Crippen LogP contribution in [0.15, 0.2) is 42.7 Å². The van der Waals surface area contributed by atoms with E-state index in [1.165, 1.54) is 18.5 Å². The van der Waals surface area contributed by atoms with Crippen LogP contribution in [0.2, 0.25) is 0 Å². The highest BCUT2D eigenvalue weighted by atomic mass is 16.2. The molecular formula is C23H27N5O. The van der Waals surface area contributed by atoms with E-state index >= 15 is 0 Å². The number of rotatable bonds is 4. The maximum absolute atomic E-state index is 13.5. The number of piperidine rings is 1. The number of pyridine rings is 1. The molecule has 2 saturated heterocycles. The first-order valence-corrected chi connectivity index (χ1v) is 10.7. The van der Waals surface area contributed by atoms with Gasteiger partial charge in [0, 0.05) is 49.7 Å². The summed E-state index contributed by atoms with van der Waals surface area (Å²) in [5.74, 6) is 0.734. The molecule has 2 aliphatic heterocycles. The molecule has 0 saturated carbocycles. The molecule has 2 aromatic heterocycles. The van der Waals surface area contributed by atoms with E-state index in [1.807, 2.05) is 29.2 Å². The largest absolute Gasteiger partial charge is 0.370 e. The smallest absolute Gasteiger partial charge is 0.257 e. The second-order valence-electron chi connectivity index (χ2n) is 8.25. The van der Waals surface area contributed by atoms with Gasteiger partial charge in [-0.25, -0.2) is 0 Å². The van der Waals surface area contributed by atoms with Crippen LogP contribution in [0.1, 0.15) is 41.7 Å². The predicted octanol–water partition coefficient (Wildman–Crippen LogP) is 3.65. The molecule has 6 nitrogen and oxygen atoms in total. The molecule has 2 aliphatic rings. The van der Waals surface area contributed by atoms with Crippen LogP contribution in [0.3, 0.4) is 0 Å². The van der Waals surface area contributed by atoms with E-state index in [2.05, 4.69) is 26.1 Å². The van der Waals surface area contributed by atoms with Crippen LogP contribution >= 0.6 is 0 Å². The van der Waals surface area contributed by atoms with Gasteiger partial charge in [0.2, 0.25) is 0 Å². The Bertz CT molecular complexity index is 986. The Morgan fingerprint density at radius 3 is 2.62 bits per heavy atom. The third-order valence-electron chi connectivity index (χ3n) is 6.37. The summed E-state index contributed by atoms with van der Waals surface area (Å²) in [5.41, 5.74) is 3.99. The second-order valence-corrected chi connectivity index (χ2v) is 8.25. The lowest BCUT2D eigenvalue weighted by Crippen LogP contribution is -2.39. The van der Waals surface area contributed by atoms with Crippen LogP contribution in [-0.4, -0.2) is 52.2 Å². The minimum atomic E-state index is 0.130. The predicted molar refractivity (Wildman–Crippen MR) is 114 cm³/mol. The van der Waals surface area contributed by atoms with E-state index in [9.17, 15) is 4.79 Å². The van der Waals surface area contributed by atoms with Crippen molar-refractivity contribution < 1.29 is 4.79 Å². The first-order valence-electron chi connectivity index (χ1n) is 10.7. The van der Waals surface area contributed by atoms with Gasteiger partial charge in [-0.3, -0.25) is 14.9 Å². The molecule has 4 heterocycles. The number of hydrogen-bond acceptors (Lipinski definition) is 4. The molecule has 29 heavy (non-hydrogen) atoms. The van der Waals surface area contributed by atoms with Crippen molar-refractivity contribution in [2.45, 2.75) is 32.1 Å². The van der Waals surface area contributed by atoms with Crippen LogP contribution in [0.25, 0.3) is 10.9 Å². The van der Waals surface area contributed by atoms with Gasteiger partial charge in [-0.1, -0.05) is 18.2 Å². The molecule has 0 atom stereocenters. The van der Waals surface area contributed by atoms with Crippen LogP contribution in [0, 0.1) is 5.92 Å². The maximum atomic E-state index is 13.5. The lowest BCUT2D eigenvalue weighted by molar-refractivity contribution is 0.0690. The third kappa shape index (κ3) is 3.59. The summed E-state index contributed by atoms with van der Waals surface area (Å²) in [6, 6.07) is 10.2. The SMILES string of the molecule is O=C(c1cnc2ccccc2c1N1CCCC1)N1CCC(Cc2ccn[nH]2)CC1. The Labute approximate surface area is 170 Å². The summed E-state index contributed by atoms with van der Waals surface area (Å²) < 4.78 is 0. The van der Waals surface area contributed by atoms with Crippen molar-refractivity contribution in [2.24, 2.45) is 5.92 Å². The Kier molecular flexibility index (Phi) is 4.92. The molecular weight excluding hydrogens is 362 g/mol. The number of hydrogen-bond donors (Lipinski definition) is 1. The normalized spacial score (nSPS) is 17.9. The molecule has 1 amide bonds. The number of benzene rings is 1. The number of H-pyrrole nitrogens is 1. The number of para-hydroxylation sites is 1. The van der Waals surface area contributed by atoms with Crippen molar-refractivity contribution in [1.29, 1.82) is 0 Å². The molecule has 0 aliphatic carbocycles. The highest BCUT2D eigenvalue weighted by Gasteiger charge is 2.28. The number of aromatic amines is 1. The fourth-order valence-corrected chi connectivity index (χ4v) is 4.78. The van der Waals surface area contributed by atoms with Crippen LogP contribution in [0.4, 0.5) is 5.69 Å². The van der Waals surface area contributed by atoms with E-state index in [0.29, 0.717) is 5.92 Å². The Morgan fingerprint density at radius 2 is 1.86 bits per heavy atom. The molecule has 0 unspecified atom stereocenters. The number of likely N-dealkylation sites (tertiary alicyclic amines) is 1. The topological polar surface area (TPSA) is 65.1 Å². The molecule has 3 aromatic rings. The van der Waals surface area contributed by atoms with E-state index in [4.69, 9.17) is 0 Å². The van der Waals surface area contributed by atoms with Crippen molar-refractivity contribution in [2.75, 3.05) is 31.1 Å². The van der Waals surface area contributed by atoms with Gasteiger partial charge in [-0.15, -0.1) is 0 Å². The maximum Gasteiger partial charge on any atom is 0.257 e. The molecule has 6 heteroatoms. The third-order valence-corrected chi connectivity index (χ3v) is 6.37. The van der Waals surface area contributed by atoms with Gasteiger partial charge < -0.3 is 9.80 Å². The van der Waals surface area contributed by atoms with Gasteiger partial charge in [0.25, 0.3) is 5.91 Å². The zero-order valence-corrected chi connectivity index (χ0v) is 16.7. The molecule has 0 bridgehead atoms. The van der Waals surface area contributed by atoms with Crippen LogP contribution < -0.4 is 4.90 Å². The number of amides is 1. The number of aromatic nitrogens is 3. The highest BCUT2D eigenvalue weighted by molar-refractivity contribution is 6.07. The van der Waals surface area contributed by atoms with Gasteiger partial charge in [-0.05, 0) is 50.2 Å². The second kappa shape index (κ2) is 7.85. The molecule has 0 spiro atoms. The summed E-state index contributed by atoms with van der Waals surface area (Å²) in [6.45, 7) is 3.65. The molecule has 150 valence electrons. The first kappa shape index (κ1) is 18.2. The summed E-state index contributed by atoms with van der Waals surface area (Å²) in [5, 5.41) is 8.19. The number of anilines is 1. The molecule has 1 aromatic carbocycles. The number of nitrogens with zero attached hydrogens (tertiary/aromatic N) is 4. The minimum Gasteiger partial charge on any atom is -0.370 e.